The Balaban J connectivity index is 1.61. The first-order chi connectivity index (χ1) is 16.5. The topological polar surface area (TPSA) is 187 Å². The van der Waals surface area contributed by atoms with Crippen molar-refractivity contribution in [3.8, 4) is 11.5 Å². The van der Waals surface area contributed by atoms with E-state index in [0.29, 0.717) is 47.2 Å². The van der Waals surface area contributed by atoms with Gasteiger partial charge in [-0.05, 0) is 46.7 Å². The van der Waals surface area contributed by atoms with Crippen molar-refractivity contribution in [2.75, 3.05) is 30.3 Å². The average molecular weight is 464 g/mol. The number of rotatable bonds is 10. The summed E-state index contributed by atoms with van der Waals surface area (Å²) < 4.78 is 6.66. The summed E-state index contributed by atoms with van der Waals surface area (Å²) in [5, 5.41) is 22.5. The Bertz CT molecular complexity index is 1300. The number of amides is 1. The lowest BCUT2D eigenvalue weighted by Crippen LogP contribution is -2.38. The molecule has 0 bridgehead atoms. The summed E-state index contributed by atoms with van der Waals surface area (Å²) in [6.45, 7) is 0.379. The fourth-order valence-corrected chi connectivity index (χ4v) is 3.35. The van der Waals surface area contributed by atoms with Crippen molar-refractivity contribution >= 4 is 34.2 Å². The maximum atomic E-state index is 13.1. The molecule has 1 amide bonds. The SMILES string of the molecule is NCCNc1nonc1-c1nc2ccccc2n1CC(=O)c1ccc(NC(=O)[C@@H](N)CO)cc1. The third-order valence-electron chi connectivity index (χ3n) is 5.10. The maximum absolute atomic E-state index is 13.1. The van der Waals surface area contributed by atoms with Gasteiger partial charge in [-0.15, -0.1) is 0 Å². The predicted octanol–water partition coefficient (Wildman–Crippen LogP) is 0.598. The largest absolute Gasteiger partial charge is 0.394 e. The third-order valence-corrected chi connectivity index (χ3v) is 5.10. The molecule has 12 nitrogen and oxygen atoms in total. The lowest BCUT2D eigenvalue weighted by molar-refractivity contribution is -0.118. The number of aliphatic hydroxyl groups excluding tert-OH is 1. The van der Waals surface area contributed by atoms with E-state index >= 15 is 0 Å². The summed E-state index contributed by atoms with van der Waals surface area (Å²) in [5.41, 5.74) is 13.8. The number of nitrogens with two attached hydrogens (primary N) is 2. The summed E-state index contributed by atoms with van der Waals surface area (Å²) >= 11 is 0. The number of aliphatic hydroxyl groups is 1. The molecule has 0 saturated carbocycles. The number of ketones is 1. The molecule has 0 unspecified atom stereocenters. The van der Waals surface area contributed by atoms with E-state index in [1.165, 1.54) is 0 Å². The Kier molecular flexibility index (Phi) is 6.92. The van der Waals surface area contributed by atoms with Crippen LogP contribution < -0.4 is 22.1 Å². The van der Waals surface area contributed by atoms with E-state index in [-0.39, 0.29) is 12.3 Å². The number of aromatic nitrogens is 4. The Morgan fingerprint density at radius 2 is 1.88 bits per heavy atom. The first kappa shape index (κ1) is 23.0. The van der Waals surface area contributed by atoms with Gasteiger partial charge in [0.15, 0.2) is 17.3 Å². The van der Waals surface area contributed by atoms with Crippen molar-refractivity contribution in [1.82, 2.24) is 19.9 Å². The van der Waals surface area contributed by atoms with Crippen LogP contribution in [0.4, 0.5) is 11.5 Å². The van der Waals surface area contributed by atoms with Crippen LogP contribution in [0.2, 0.25) is 0 Å². The van der Waals surface area contributed by atoms with Crippen molar-refractivity contribution in [2.24, 2.45) is 11.5 Å². The fraction of sp³-hybridized carbons (Fsp3) is 0.227. The van der Waals surface area contributed by atoms with Crippen LogP contribution in [0.15, 0.2) is 53.2 Å². The lowest BCUT2D eigenvalue weighted by atomic mass is 10.1. The minimum absolute atomic E-state index is 0.0138. The fourth-order valence-electron chi connectivity index (χ4n) is 3.35. The molecule has 0 aliphatic heterocycles. The molecule has 0 spiro atoms. The highest BCUT2D eigenvalue weighted by atomic mass is 16.6. The van der Waals surface area contributed by atoms with Crippen LogP contribution in [0.5, 0.6) is 0 Å². The molecule has 0 saturated heterocycles. The second-order valence-corrected chi connectivity index (χ2v) is 7.47. The molecule has 2 aromatic heterocycles. The molecule has 7 N–H and O–H groups in total. The van der Waals surface area contributed by atoms with Crippen molar-refractivity contribution < 1.29 is 19.3 Å². The number of nitrogens with one attached hydrogen (secondary N) is 2. The monoisotopic (exact) mass is 464 g/mol. The number of carbonyl (C=O) groups is 2. The number of benzene rings is 2. The first-order valence-electron chi connectivity index (χ1n) is 10.5. The zero-order chi connectivity index (χ0) is 24.1. The van der Waals surface area contributed by atoms with Crippen molar-refractivity contribution in [3.05, 3.63) is 54.1 Å². The number of hydrogen-bond donors (Lipinski definition) is 5. The number of carbonyl (C=O) groups excluding carboxylic acids is 2. The van der Waals surface area contributed by atoms with E-state index in [1.54, 1.807) is 28.8 Å². The van der Waals surface area contributed by atoms with Gasteiger partial charge < -0.3 is 31.8 Å². The van der Waals surface area contributed by atoms with Gasteiger partial charge >= 0.3 is 0 Å². The smallest absolute Gasteiger partial charge is 0.243 e. The summed E-state index contributed by atoms with van der Waals surface area (Å²) in [7, 11) is 0. The molecule has 176 valence electrons. The van der Waals surface area contributed by atoms with Gasteiger partial charge in [-0.25, -0.2) is 9.61 Å². The lowest BCUT2D eigenvalue weighted by Gasteiger charge is -2.11. The van der Waals surface area contributed by atoms with Crippen LogP contribution in [0, 0.1) is 0 Å². The Morgan fingerprint density at radius 3 is 2.62 bits per heavy atom. The molecular weight excluding hydrogens is 440 g/mol. The molecule has 1 atom stereocenters. The van der Waals surface area contributed by atoms with Gasteiger partial charge in [0.2, 0.25) is 11.7 Å². The van der Waals surface area contributed by atoms with Crippen LogP contribution in [0.3, 0.4) is 0 Å². The molecule has 0 radical (unpaired) electrons. The summed E-state index contributed by atoms with van der Waals surface area (Å²) in [6, 6.07) is 12.8. The summed E-state index contributed by atoms with van der Waals surface area (Å²) in [6.07, 6.45) is 0. The van der Waals surface area contributed by atoms with Crippen LogP contribution in [0.1, 0.15) is 10.4 Å². The van der Waals surface area contributed by atoms with Gasteiger partial charge in [0, 0.05) is 24.3 Å². The molecule has 2 aromatic carbocycles. The quantitative estimate of drug-likeness (QED) is 0.208. The Labute approximate surface area is 193 Å². The van der Waals surface area contributed by atoms with Gasteiger partial charge in [0.25, 0.3) is 0 Å². The number of fused-ring (bicyclic) bond motifs is 1. The Morgan fingerprint density at radius 1 is 1.12 bits per heavy atom. The van der Waals surface area contributed by atoms with Crippen LogP contribution in [-0.4, -0.2) is 62.4 Å². The van der Waals surface area contributed by atoms with E-state index in [9.17, 15) is 9.59 Å². The van der Waals surface area contributed by atoms with Gasteiger partial charge in [-0.3, -0.25) is 9.59 Å². The van der Waals surface area contributed by atoms with E-state index in [0.717, 1.165) is 5.52 Å². The van der Waals surface area contributed by atoms with Gasteiger partial charge in [-0.2, -0.15) is 0 Å². The van der Waals surface area contributed by atoms with Crippen molar-refractivity contribution in [3.63, 3.8) is 0 Å². The van der Waals surface area contributed by atoms with Crippen LogP contribution in [0.25, 0.3) is 22.6 Å². The number of nitrogens with zero attached hydrogens (tertiary/aromatic N) is 4. The molecule has 34 heavy (non-hydrogen) atoms. The van der Waals surface area contributed by atoms with E-state index < -0.39 is 18.6 Å². The van der Waals surface area contributed by atoms with Gasteiger partial charge in [0.05, 0.1) is 24.2 Å². The zero-order valence-electron chi connectivity index (χ0n) is 18.1. The molecule has 12 heteroatoms. The first-order valence-corrected chi connectivity index (χ1v) is 10.5. The second-order valence-electron chi connectivity index (χ2n) is 7.47. The third kappa shape index (κ3) is 4.78. The minimum Gasteiger partial charge on any atom is -0.394 e. The minimum atomic E-state index is -1.02. The van der Waals surface area contributed by atoms with E-state index in [4.69, 9.17) is 21.2 Å². The maximum Gasteiger partial charge on any atom is 0.243 e. The zero-order valence-corrected chi connectivity index (χ0v) is 18.1. The predicted molar refractivity (Wildman–Crippen MR) is 125 cm³/mol. The number of para-hydroxylation sites is 2. The van der Waals surface area contributed by atoms with E-state index in [2.05, 4.69) is 25.9 Å². The van der Waals surface area contributed by atoms with Crippen LogP contribution in [-0.2, 0) is 11.3 Å². The van der Waals surface area contributed by atoms with Crippen molar-refractivity contribution in [2.45, 2.75) is 12.6 Å². The molecule has 4 aromatic rings. The number of Topliss-reactive ketones (excluding diaryl/α,β-unsaturated/α-hetero) is 1. The molecule has 4 rings (SSSR count). The van der Waals surface area contributed by atoms with Crippen LogP contribution >= 0.6 is 0 Å². The van der Waals surface area contributed by atoms with Gasteiger partial charge in [-0.1, -0.05) is 12.1 Å². The highest BCUT2D eigenvalue weighted by Gasteiger charge is 2.22. The highest BCUT2D eigenvalue weighted by Crippen LogP contribution is 2.28. The molecule has 2 heterocycles. The highest BCUT2D eigenvalue weighted by molar-refractivity contribution is 5.99. The van der Waals surface area contributed by atoms with E-state index in [1.807, 2.05) is 24.3 Å². The number of anilines is 2. The van der Waals surface area contributed by atoms with Crippen molar-refractivity contribution in [1.29, 1.82) is 0 Å². The second kappa shape index (κ2) is 10.2. The summed E-state index contributed by atoms with van der Waals surface area (Å²) in [4.78, 5) is 29.6. The molecule has 0 aliphatic carbocycles. The molecule has 0 aliphatic rings. The molecular formula is C22H24N8O4. The summed E-state index contributed by atoms with van der Waals surface area (Å²) in [5.74, 6) is 0.117. The standard InChI is InChI=1S/C22H24N8O4/c23-9-10-25-20-19(28-34-29-20)21-27-16-3-1-2-4-17(16)30(21)11-18(32)13-5-7-14(8-6-13)26-22(33)15(24)12-31/h1-8,15,31H,9-12,23-24H2,(H,25,29)(H,26,33)/t15-/m0/s1. The Hall–Kier alpha value is -4.13. The average Bonchev–Trinajstić information content (AvgIpc) is 3.47. The number of hydrogen-bond acceptors (Lipinski definition) is 10. The normalized spacial score (nSPS) is 12.0. The van der Waals surface area contributed by atoms with Gasteiger partial charge in [0.1, 0.15) is 6.04 Å². The number of imidazole rings is 1. The molecule has 0 fully saturated rings.